The second-order valence-corrected chi connectivity index (χ2v) is 2.73. The predicted octanol–water partition coefficient (Wildman–Crippen LogP) is 0.961. The second kappa shape index (κ2) is 5.10. The minimum Gasteiger partial charge on any atom is -0.450 e. The van der Waals surface area contributed by atoms with Crippen LogP contribution in [0, 0.1) is 0 Å². The van der Waals surface area contributed by atoms with Crippen LogP contribution < -0.4 is 0 Å². The van der Waals surface area contributed by atoms with Crippen molar-refractivity contribution in [3.8, 4) is 0 Å². The van der Waals surface area contributed by atoms with E-state index in [1.165, 1.54) is 6.92 Å². The summed E-state index contributed by atoms with van der Waals surface area (Å²) in [5, 5.41) is 7.93. The molecule has 0 aromatic rings. The van der Waals surface area contributed by atoms with E-state index in [2.05, 4.69) is 4.74 Å². The van der Waals surface area contributed by atoms with Crippen molar-refractivity contribution in [1.82, 2.24) is 0 Å². The second-order valence-electron chi connectivity index (χ2n) is 1.45. The number of hydrogen-bond donors (Lipinski definition) is 1. The molecule has 4 nitrogen and oxygen atoms in total. The van der Waals surface area contributed by atoms with Crippen molar-refractivity contribution in [2.75, 3.05) is 12.4 Å². The lowest BCUT2D eigenvalue weighted by atomic mass is 10.9. The van der Waals surface area contributed by atoms with Crippen LogP contribution in [0.25, 0.3) is 0 Å². The van der Waals surface area contributed by atoms with Crippen molar-refractivity contribution in [1.29, 1.82) is 0 Å². The summed E-state index contributed by atoms with van der Waals surface area (Å²) in [6.07, 6.45) is -1.30. The van der Waals surface area contributed by atoms with Crippen molar-refractivity contribution < 1.29 is 19.4 Å². The fourth-order valence-electron chi connectivity index (χ4n) is 0.314. The first kappa shape index (κ1) is 9.29. The van der Waals surface area contributed by atoms with Crippen molar-refractivity contribution in [2.45, 2.75) is 6.92 Å². The SMILES string of the molecule is CC(=O)SCCOC(=O)O. The number of ether oxygens (including phenoxy) is 1. The third kappa shape index (κ3) is 7.29. The van der Waals surface area contributed by atoms with E-state index in [0.29, 0.717) is 5.75 Å². The highest BCUT2D eigenvalue weighted by Crippen LogP contribution is 1.99. The summed E-state index contributed by atoms with van der Waals surface area (Å²) in [6, 6.07) is 0. The molecule has 0 aromatic carbocycles. The normalized spacial score (nSPS) is 8.90. The molecule has 0 aliphatic carbocycles. The van der Waals surface area contributed by atoms with E-state index in [-0.39, 0.29) is 11.7 Å². The first-order chi connectivity index (χ1) is 4.63. The van der Waals surface area contributed by atoms with Crippen LogP contribution in [0.1, 0.15) is 6.92 Å². The quantitative estimate of drug-likeness (QED) is 0.497. The third-order valence-electron chi connectivity index (χ3n) is 0.614. The fourth-order valence-corrected chi connectivity index (χ4v) is 0.768. The number of thioether (sulfide) groups is 1. The summed E-state index contributed by atoms with van der Waals surface area (Å²) < 4.78 is 4.14. The van der Waals surface area contributed by atoms with Gasteiger partial charge >= 0.3 is 6.16 Å². The van der Waals surface area contributed by atoms with E-state index in [9.17, 15) is 9.59 Å². The van der Waals surface area contributed by atoms with E-state index >= 15 is 0 Å². The first-order valence-electron chi connectivity index (χ1n) is 2.62. The summed E-state index contributed by atoms with van der Waals surface area (Å²) >= 11 is 1.05. The summed E-state index contributed by atoms with van der Waals surface area (Å²) in [4.78, 5) is 20.0. The first-order valence-corrected chi connectivity index (χ1v) is 3.60. The van der Waals surface area contributed by atoms with Gasteiger partial charge in [-0.25, -0.2) is 4.79 Å². The van der Waals surface area contributed by atoms with Gasteiger partial charge in [0, 0.05) is 12.7 Å². The average molecular weight is 164 g/mol. The maximum atomic E-state index is 10.2. The van der Waals surface area contributed by atoms with E-state index in [1.807, 2.05) is 0 Å². The number of hydrogen-bond acceptors (Lipinski definition) is 4. The van der Waals surface area contributed by atoms with Crippen LogP contribution in [0.4, 0.5) is 4.79 Å². The molecule has 0 radical (unpaired) electrons. The Morgan fingerprint density at radius 3 is 2.60 bits per heavy atom. The van der Waals surface area contributed by atoms with Gasteiger partial charge in [-0.2, -0.15) is 0 Å². The van der Waals surface area contributed by atoms with Crippen molar-refractivity contribution in [3.05, 3.63) is 0 Å². The van der Waals surface area contributed by atoms with Gasteiger partial charge in [0.25, 0.3) is 0 Å². The van der Waals surface area contributed by atoms with Crippen LogP contribution >= 0.6 is 11.8 Å². The minimum absolute atomic E-state index is 0.0333. The van der Waals surface area contributed by atoms with Crippen molar-refractivity contribution >= 4 is 23.0 Å². The van der Waals surface area contributed by atoms with Gasteiger partial charge in [0.1, 0.15) is 6.61 Å². The molecule has 0 fully saturated rings. The zero-order chi connectivity index (χ0) is 7.98. The van der Waals surface area contributed by atoms with E-state index in [1.54, 1.807) is 0 Å². The van der Waals surface area contributed by atoms with E-state index < -0.39 is 6.16 Å². The van der Waals surface area contributed by atoms with Gasteiger partial charge in [0.05, 0.1) is 0 Å². The molecule has 0 saturated heterocycles. The largest absolute Gasteiger partial charge is 0.505 e. The lowest BCUT2D eigenvalue weighted by Crippen LogP contribution is -2.04. The third-order valence-corrected chi connectivity index (χ3v) is 1.39. The van der Waals surface area contributed by atoms with Crippen LogP contribution in [-0.4, -0.2) is 28.7 Å². The van der Waals surface area contributed by atoms with Crippen molar-refractivity contribution in [3.63, 3.8) is 0 Å². The highest BCUT2D eigenvalue weighted by Gasteiger charge is 1.97. The Morgan fingerprint density at radius 1 is 1.60 bits per heavy atom. The molecule has 0 atom stereocenters. The molecule has 5 heteroatoms. The Labute approximate surface area is 62.6 Å². The maximum absolute atomic E-state index is 10.2. The Hall–Kier alpha value is -0.710. The van der Waals surface area contributed by atoms with Gasteiger partial charge < -0.3 is 9.84 Å². The van der Waals surface area contributed by atoms with Gasteiger partial charge in [0.15, 0.2) is 5.12 Å². The van der Waals surface area contributed by atoms with Crippen LogP contribution in [0.5, 0.6) is 0 Å². The van der Waals surface area contributed by atoms with Gasteiger partial charge in [-0.3, -0.25) is 4.79 Å². The molecule has 1 N–H and O–H groups in total. The molecule has 0 rings (SSSR count). The Morgan fingerprint density at radius 2 is 2.20 bits per heavy atom. The fraction of sp³-hybridized carbons (Fsp3) is 0.600. The summed E-state index contributed by atoms with van der Waals surface area (Å²) in [5.74, 6) is 0.391. The minimum atomic E-state index is -1.30. The van der Waals surface area contributed by atoms with Crippen LogP contribution in [0.3, 0.4) is 0 Å². The van der Waals surface area contributed by atoms with E-state index in [0.717, 1.165) is 11.8 Å². The lowest BCUT2D eigenvalue weighted by molar-refractivity contribution is -0.109. The monoisotopic (exact) mass is 164 g/mol. The number of carboxylic acid groups (broad SMARTS) is 1. The Balaban J connectivity index is 3.06. The highest BCUT2D eigenvalue weighted by molar-refractivity contribution is 8.13. The molecular weight excluding hydrogens is 156 g/mol. The number of carbonyl (C=O) groups is 2. The lowest BCUT2D eigenvalue weighted by Gasteiger charge is -1.96. The Kier molecular flexibility index (Phi) is 4.74. The molecule has 0 bridgehead atoms. The summed E-state index contributed by atoms with van der Waals surface area (Å²) in [7, 11) is 0. The van der Waals surface area contributed by atoms with Crippen LogP contribution in [0.15, 0.2) is 0 Å². The number of carbonyl (C=O) groups excluding carboxylic acids is 1. The zero-order valence-corrected chi connectivity index (χ0v) is 6.31. The summed E-state index contributed by atoms with van der Waals surface area (Å²) in [6.45, 7) is 1.49. The molecule has 0 saturated carbocycles. The molecular formula is C5H8O4S. The highest BCUT2D eigenvalue weighted by atomic mass is 32.2. The molecule has 10 heavy (non-hydrogen) atoms. The molecule has 0 amide bonds. The smallest absolute Gasteiger partial charge is 0.450 e. The molecule has 0 spiro atoms. The van der Waals surface area contributed by atoms with Gasteiger partial charge in [-0.15, -0.1) is 0 Å². The molecule has 0 aliphatic heterocycles. The molecule has 0 unspecified atom stereocenters. The molecule has 0 aliphatic rings. The van der Waals surface area contributed by atoms with Crippen LogP contribution in [-0.2, 0) is 9.53 Å². The topological polar surface area (TPSA) is 63.6 Å². The Bertz CT molecular complexity index is 118. The zero-order valence-electron chi connectivity index (χ0n) is 5.49. The van der Waals surface area contributed by atoms with Crippen LogP contribution in [0.2, 0.25) is 0 Å². The molecule has 0 heterocycles. The predicted molar refractivity (Wildman–Crippen MR) is 37.1 cm³/mol. The standard InChI is InChI=1S/C5H8O4S/c1-4(6)10-3-2-9-5(7)8/h2-3H2,1H3,(H,7,8). The maximum Gasteiger partial charge on any atom is 0.505 e. The molecule has 58 valence electrons. The van der Waals surface area contributed by atoms with Gasteiger partial charge in [0.2, 0.25) is 0 Å². The molecule has 0 aromatic heterocycles. The number of rotatable bonds is 3. The van der Waals surface area contributed by atoms with Crippen molar-refractivity contribution in [2.24, 2.45) is 0 Å². The van der Waals surface area contributed by atoms with E-state index in [4.69, 9.17) is 5.11 Å². The van der Waals surface area contributed by atoms with Gasteiger partial charge in [-0.05, 0) is 0 Å². The van der Waals surface area contributed by atoms with Gasteiger partial charge in [-0.1, -0.05) is 11.8 Å². The summed E-state index contributed by atoms with van der Waals surface area (Å²) in [5.41, 5.74) is 0. The average Bonchev–Trinajstić information content (AvgIpc) is 1.79.